The van der Waals surface area contributed by atoms with Gasteiger partial charge in [0.25, 0.3) is 0 Å². The minimum absolute atomic E-state index is 0.0632. The molecule has 0 aliphatic rings. The maximum absolute atomic E-state index is 12.1. The van der Waals surface area contributed by atoms with Crippen LogP contribution in [0.1, 0.15) is 0 Å². The molecule has 0 saturated carbocycles. The molecule has 0 aliphatic carbocycles. The fourth-order valence-electron chi connectivity index (χ4n) is 2.67. The van der Waals surface area contributed by atoms with E-state index >= 15 is 0 Å². The average Bonchev–Trinajstić information content (AvgIpc) is 3.24. The number of thioether (sulfide) groups is 1. The average molecular weight is 380 g/mol. The number of amides is 1. The maximum atomic E-state index is 12.1. The Bertz CT molecular complexity index is 1060. The van der Waals surface area contributed by atoms with Crippen LogP contribution in [0.5, 0.6) is 0 Å². The first-order valence-electron chi connectivity index (χ1n) is 8.06. The predicted octanol–water partition coefficient (Wildman–Crippen LogP) is 4.43. The van der Waals surface area contributed by atoms with Crippen LogP contribution in [0.3, 0.4) is 0 Å². The maximum Gasteiger partial charge on any atom is 0.234 e. The minimum Gasteiger partial charge on any atom is -0.325 e. The van der Waals surface area contributed by atoms with Crippen LogP contribution in [-0.2, 0) is 11.8 Å². The first-order chi connectivity index (χ1) is 12.7. The van der Waals surface area contributed by atoms with Crippen molar-refractivity contribution in [2.24, 2.45) is 7.05 Å². The zero-order chi connectivity index (χ0) is 17.9. The van der Waals surface area contributed by atoms with Crippen molar-refractivity contribution >= 4 is 44.8 Å². The SMILES string of the molecule is Cn1c(SCC(=O)Nc2ccccc2)nnc1-c1csc2ccccc12. The zero-order valence-corrected chi connectivity index (χ0v) is 15.7. The number of nitrogens with one attached hydrogen (secondary N) is 1. The number of aromatic nitrogens is 3. The molecule has 26 heavy (non-hydrogen) atoms. The second-order valence-corrected chi connectivity index (χ2v) is 7.57. The minimum atomic E-state index is -0.0632. The van der Waals surface area contributed by atoms with Gasteiger partial charge in [-0.1, -0.05) is 48.2 Å². The van der Waals surface area contributed by atoms with E-state index in [-0.39, 0.29) is 11.7 Å². The normalized spacial score (nSPS) is 11.0. The highest BCUT2D eigenvalue weighted by molar-refractivity contribution is 7.99. The molecule has 2 heterocycles. The second-order valence-electron chi connectivity index (χ2n) is 5.71. The van der Waals surface area contributed by atoms with Gasteiger partial charge in [0.05, 0.1) is 5.75 Å². The van der Waals surface area contributed by atoms with Crippen molar-refractivity contribution in [3.63, 3.8) is 0 Å². The van der Waals surface area contributed by atoms with Crippen LogP contribution in [0.25, 0.3) is 21.5 Å². The number of hydrogen-bond donors (Lipinski definition) is 1. The van der Waals surface area contributed by atoms with Crippen LogP contribution in [0.2, 0.25) is 0 Å². The molecular weight excluding hydrogens is 364 g/mol. The highest BCUT2D eigenvalue weighted by Crippen LogP contribution is 2.33. The van der Waals surface area contributed by atoms with Crippen molar-refractivity contribution in [3.8, 4) is 11.4 Å². The third kappa shape index (κ3) is 3.36. The quantitative estimate of drug-likeness (QED) is 0.521. The van der Waals surface area contributed by atoms with E-state index in [1.807, 2.05) is 54.1 Å². The molecule has 1 amide bonds. The van der Waals surface area contributed by atoms with E-state index in [2.05, 4.69) is 33.0 Å². The summed E-state index contributed by atoms with van der Waals surface area (Å²) in [5.41, 5.74) is 1.86. The van der Waals surface area contributed by atoms with Gasteiger partial charge in [-0.15, -0.1) is 21.5 Å². The number of nitrogens with zero attached hydrogens (tertiary/aromatic N) is 3. The summed E-state index contributed by atoms with van der Waals surface area (Å²) in [6.45, 7) is 0. The van der Waals surface area contributed by atoms with Crippen LogP contribution in [0, 0.1) is 0 Å². The predicted molar refractivity (Wildman–Crippen MR) is 108 cm³/mol. The number of hydrogen-bond acceptors (Lipinski definition) is 5. The van der Waals surface area contributed by atoms with Crippen molar-refractivity contribution in [3.05, 3.63) is 60.0 Å². The van der Waals surface area contributed by atoms with E-state index in [4.69, 9.17) is 0 Å². The van der Waals surface area contributed by atoms with E-state index in [1.165, 1.54) is 21.8 Å². The number of para-hydroxylation sites is 1. The van der Waals surface area contributed by atoms with Crippen molar-refractivity contribution < 1.29 is 4.79 Å². The Morgan fingerprint density at radius 3 is 2.73 bits per heavy atom. The van der Waals surface area contributed by atoms with E-state index in [0.29, 0.717) is 0 Å². The van der Waals surface area contributed by atoms with Gasteiger partial charge < -0.3 is 9.88 Å². The molecule has 0 atom stereocenters. The lowest BCUT2D eigenvalue weighted by molar-refractivity contribution is -0.113. The molecule has 7 heteroatoms. The number of carbonyl (C=O) groups is 1. The topological polar surface area (TPSA) is 59.8 Å². The van der Waals surface area contributed by atoms with Gasteiger partial charge in [-0.05, 0) is 18.2 Å². The van der Waals surface area contributed by atoms with Gasteiger partial charge in [-0.2, -0.15) is 0 Å². The molecule has 0 bridgehead atoms. The fraction of sp³-hybridized carbons (Fsp3) is 0.105. The molecule has 0 radical (unpaired) electrons. The summed E-state index contributed by atoms with van der Waals surface area (Å²) < 4.78 is 3.16. The molecule has 0 spiro atoms. The molecule has 0 fully saturated rings. The third-order valence-electron chi connectivity index (χ3n) is 3.95. The summed E-state index contributed by atoms with van der Waals surface area (Å²) in [7, 11) is 1.93. The molecule has 130 valence electrons. The van der Waals surface area contributed by atoms with Gasteiger partial charge in [-0.25, -0.2) is 0 Å². The van der Waals surface area contributed by atoms with Gasteiger partial charge in [-0.3, -0.25) is 4.79 Å². The Morgan fingerprint density at radius 1 is 1.12 bits per heavy atom. The number of benzene rings is 2. The first kappa shape index (κ1) is 16.8. The summed E-state index contributed by atoms with van der Waals surface area (Å²) in [6.07, 6.45) is 0. The number of fused-ring (bicyclic) bond motifs is 1. The summed E-state index contributed by atoms with van der Waals surface area (Å²) in [6, 6.07) is 17.7. The van der Waals surface area contributed by atoms with Crippen LogP contribution < -0.4 is 5.32 Å². The molecule has 4 aromatic rings. The Kier molecular flexibility index (Phi) is 4.73. The lowest BCUT2D eigenvalue weighted by atomic mass is 10.2. The Hall–Kier alpha value is -2.64. The number of carbonyl (C=O) groups excluding carboxylic acids is 1. The second kappa shape index (κ2) is 7.31. The summed E-state index contributed by atoms with van der Waals surface area (Å²) in [4.78, 5) is 12.1. The Balaban J connectivity index is 1.48. The molecule has 0 saturated heterocycles. The molecular formula is C19H16N4OS2. The zero-order valence-electron chi connectivity index (χ0n) is 14.0. The number of anilines is 1. The van der Waals surface area contributed by atoms with Crippen LogP contribution in [0.4, 0.5) is 5.69 Å². The molecule has 1 N–H and O–H groups in total. The van der Waals surface area contributed by atoms with Crippen molar-refractivity contribution in [2.75, 3.05) is 11.1 Å². The monoisotopic (exact) mass is 380 g/mol. The van der Waals surface area contributed by atoms with Crippen LogP contribution in [0.15, 0.2) is 65.1 Å². The van der Waals surface area contributed by atoms with E-state index in [1.54, 1.807) is 11.3 Å². The van der Waals surface area contributed by atoms with Gasteiger partial charge in [0.2, 0.25) is 5.91 Å². The van der Waals surface area contributed by atoms with E-state index in [9.17, 15) is 4.79 Å². The molecule has 0 aliphatic heterocycles. The van der Waals surface area contributed by atoms with Gasteiger partial charge >= 0.3 is 0 Å². The van der Waals surface area contributed by atoms with Crippen LogP contribution in [-0.4, -0.2) is 26.4 Å². The van der Waals surface area contributed by atoms with Gasteiger partial charge in [0.15, 0.2) is 11.0 Å². The van der Waals surface area contributed by atoms with Crippen LogP contribution >= 0.6 is 23.1 Å². The summed E-state index contributed by atoms with van der Waals surface area (Å²) in [5.74, 6) is 1.03. The lowest BCUT2D eigenvalue weighted by Crippen LogP contribution is -2.14. The number of rotatable bonds is 5. The van der Waals surface area contributed by atoms with E-state index in [0.717, 1.165) is 22.2 Å². The van der Waals surface area contributed by atoms with Crippen molar-refractivity contribution in [1.82, 2.24) is 14.8 Å². The molecule has 2 aromatic carbocycles. The third-order valence-corrected chi connectivity index (χ3v) is 5.93. The van der Waals surface area contributed by atoms with Gasteiger partial charge in [0, 0.05) is 33.8 Å². The summed E-state index contributed by atoms with van der Waals surface area (Å²) >= 11 is 3.07. The molecule has 4 rings (SSSR count). The van der Waals surface area contributed by atoms with Crippen molar-refractivity contribution in [2.45, 2.75) is 5.16 Å². The largest absolute Gasteiger partial charge is 0.325 e. The fourth-order valence-corrected chi connectivity index (χ4v) is 4.33. The Labute approximate surface area is 159 Å². The van der Waals surface area contributed by atoms with Gasteiger partial charge in [0.1, 0.15) is 0 Å². The van der Waals surface area contributed by atoms with Crippen molar-refractivity contribution in [1.29, 1.82) is 0 Å². The number of thiophene rings is 1. The first-order valence-corrected chi connectivity index (χ1v) is 9.92. The Morgan fingerprint density at radius 2 is 1.88 bits per heavy atom. The molecule has 0 unspecified atom stereocenters. The van der Waals surface area contributed by atoms with E-state index < -0.39 is 0 Å². The summed E-state index contributed by atoms with van der Waals surface area (Å²) in [5, 5.41) is 15.5. The highest BCUT2D eigenvalue weighted by Gasteiger charge is 2.16. The smallest absolute Gasteiger partial charge is 0.234 e. The highest BCUT2D eigenvalue weighted by atomic mass is 32.2. The molecule has 2 aromatic heterocycles. The standard InChI is InChI=1S/C19H16N4OS2/c1-23-18(15-11-25-16-10-6-5-9-14(15)16)21-22-19(23)26-12-17(24)20-13-7-3-2-4-8-13/h2-11H,12H2,1H3,(H,20,24). The molecule has 5 nitrogen and oxygen atoms in total. The lowest BCUT2D eigenvalue weighted by Gasteiger charge is -2.05.